The largest absolute Gasteiger partial charge is 0.466 e. The van der Waals surface area contributed by atoms with Crippen LogP contribution in [0.5, 0.6) is 0 Å². The van der Waals surface area contributed by atoms with Crippen molar-refractivity contribution in [2.45, 2.75) is 142 Å². The summed E-state index contributed by atoms with van der Waals surface area (Å²) in [6.07, 6.45) is 30.5. The van der Waals surface area contributed by atoms with Crippen molar-refractivity contribution < 1.29 is 9.53 Å². The molecule has 0 aromatic heterocycles. The number of nitrogens with zero attached hydrogens (tertiary/aromatic N) is 1. The van der Waals surface area contributed by atoms with Gasteiger partial charge in [0, 0.05) is 20.3 Å². The van der Waals surface area contributed by atoms with Crippen molar-refractivity contribution in [2.75, 3.05) is 21.2 Å². The van der Waals surface area contributed by atoms with Gasteiger partial charge in [-0.2, -0.15) is 0 Å². The highest BCUT2D eigenvalue weighted by molar-refractivity contribution is 5.88. The topological polar surface area (TPSA) is 29.5 Å². The SMILES string of the molecule is CCCCCCCCCCCCCCCCCCCCCCC(=CN(C)C)C(=O)OC. The molecule has 0 N–H and O–H groups in total. The van der Waals surface area contributed by atoms with Gasteiger partial charge in [-0.05, 0) is 12.8 Å². The van der Waals surface area contributed by atoms with E-state index in [1.807, 2.05) is 25.2 Å². The summed E-state index contributed by atoms with van der Waals surface area (Å²) in [6, 6.07) is 0. The normalized spacial score (nSPS) is 11.7. The van der Waals surface area contributed by atoms with E-state index in [0.29, 0.717) is 0 Å². The van der Waals surface area contributed by atoms with Gasteiger partial charge >= 0.3 is 5.97 Å². The Kier molecular flexibility index (Phi) is 22.9. The number of carbonyl (C=O) groups excluding carboxylic acids is 1. The van der Waals surface area contributed by atoms with E-state index in [0.717, 1.165) is 18.4 Å². The molecule has 0 unspecified atom stereocenters. The highest BCUT2D eigenvalue weighted by Crippen LogP contribution is 2.16. The minimum absolute atomic E-state index is 0.188. The third-order valence-corrected chi connectivity index (χ3v) is 6.16. The monoisotopic (exact) mass is 437 g/mol. The van der Waals surface area contributed by atoms with E-state index in [9.17, 15) is 4.79 Å². The van der Waals surface area contributed by atoms with E-state index in [4.69, 9.17) is 4.74 Å². The molecule has 3 nitrogen and oxygen atoms in total. The van der Waals surface area contributed by atoms with Gasteiger partial charge in [0.2, 0.25) is 0 Å². The van der Waals surface area contributed by atoms with Crippen molar-refractivity contribution >= 4 is 5.97 Å². The van der Waals surface area contributed by atoms with Crippen LogP contribution in [0.15, 0.2) is 11.8 Å². The predicted molar refractivity (Wildman–Crippen MR) is 136 cm³/mol. The Morgan fingerprint density at radius 1 is 0.613 bits per heavy atom. The maximum Gasteiger partial charge on any atom is 0.335 e. The van der Waals surface area contributed by atoms with Crippen LogP contribution in [0.3, 0.4) is 0 Å². The van der Waals surface area contributed by atoms with Crippen LogP contribution in [0.4, 0.5) is 0 Å². The van der Waals surface area contributed by atoms with Crippen LogP contribution in [-0.4, -0.2) is 32.1 Å². The maximum atomic E-state index is 11.8. The molecular weight excluding hydrogens is 382 g/mol. The highest BCUT2D eigenvalue weighted by atomic mass is 16.5. The zero-order valence-electron chi connectivity index (χ0n) is 21.7. The predicted octanol–water partition coefficient (Wildman–Crippen LogP) is 8.82. The molecule has 0 heterocycles. The molecule has 0 atom stereocenters. The number of ether oxygens (including phenoxy) is 1. The molecule has 0 amide bonds. The fourth-order valence-corrected chi connectivity index (χ4v) is 4.23. The molecule has 184 valence electrons. The van der Waals surface area contributed by atoms with Crippen molar-refractivity contribution in [1.29, 1.82) is 0 Å². The molecule has 0 bridgehead atoms. The van der Waals surface area contributed by atoms with Crippen LogP contribution in [0.1, 0.15) is 142 Å². The van der Waals surface area contributed by atoms with Gasteiger partial charge in [-0.25, -0.2) is 4.79 Å². The van der Waals surface area contributed by atoms with Crippen LogP contribution in [0.2, 0.25) is 0 Å². The lowest BCUT2D eigenvalue weighted by atomic mass is 10.0. The second-order valence-electron chi connectivity index (χ2n) is 9.58. The van der Waals surface area contributed by atoms with E-state index in [-0.39, 0.29) is 5.97 Å². The number of hydrogen-bond donors (Lipinski definition) is 0. The highest BCUT2D eigenvalue weighted by Gasteiger charge is 2.09. The average molecular weight is 438 g/mol. The summed E-state index contributed by atoms with van der Waals surface area (Å²) in [7, 11) is 5.35. The van der Waals surface area contributed by atoms with Crippen molar-refractivity contribution in [3.05, 3.63) is 11.8 Å². The standard InChI is InChI=1S/C28H55NO2/c1-5-6-7-8-9-10-11-12-13-14-15-16-17-18-19-20-21-22-23-24-25-27(26-29(2)3)28(30)31-4/h26H,5-25H2,1-4H3. The van der Waals surface area contributed by atoms with Crippen molar-refractivity contribution in [3.8, 4) is 0 Å². The molecule has 0 aromatic carbocycles. The molecule has 0 aromatic rings. The number of carbonyl (C=O) groups is 1. The number of unbranched alkanes of at least 4 members (excludes halogenated alkanes) is 19. The fraction of sp³-hybridized carbons (Fsp3) is 0.893. The summed E-state index contributed by atoms with van der Waals surface area (Å²) >= 11 is 0. The number of methoxy groups -OCH3 is 1. The van der Waals surface area contributed by atoms with E-state index in [1.165, 1.54) is 129 Å². The third kappa shape index (κ3) is 22.0. The van der Waals surface area contributed by atoms with Crippen molar-refractivity contribution in [1.82, 2.24) is 4.90 Å². The minimum Gasteiger partial charge on any atom is -0.466 e. The molecule has 0 aliphatic heterocycles. The van der Waals surface area contributed by atoms with E-state index >= 15 is 0 Å². The number of hydrogen-bond acceptors (Lipinski definition) is 3. The summed E-state index contributed by atoms with van der Waals surface area (Å²) in [5.74, 6) is -0.188. The van der Waals surface area contributed by atoms with E-state index < -0.39 is 0 Å². The summed E-state index contributed by atoms with van der Waals surface area (Å²) < 4.78 is 4.87. The lowest BCUT2D eigenvalue weighted by molar-refractivity contribution is -0.136. The van der Waals surface area contributed by atoms with Crippen LogP contribution >= 0.6 is 0 Å². The Balaban J connectivity index is 3.30. The summed E-state index contributed by atoms with van der Waals surface area (Å²) in [4.78, 5) is 13.7. The molecule has 0 fully saturated rings. The molecular formula is C28H55NO2. The van der Waals surface area contributed by atoms with Gasteiger partial charge in [0.05, 0.1) is 12.7 Å². The fourth-order valence-electron chi connectivity index (χ4n) is 4.23. The lowest BCUT2D eigenvalue weighted by Gasteiger charge is -2.10. The Hall–Kier alpha value is -0.990. The molecule has 0 radical (unpaired) electrons. The Bertz CT molecular complexity index is 417. The molecule has 0 spiro atoms. The molecule has 3 heteroatoms. The molecule has 0 saturated heterocycles. The smallest absolute Gasteiger partial charge is 0.335 e. The number of rotatable bonds is 23. The van der Waals surface area contributed by atoms with Crippen LogP contribution < -0.4 is 0 Å². The van der Waals surface area contributed by atoms with E-state index in [2.05, 4.69) is 6.92 Å². The van der Waals surface area contributed by atoms with Gasteiger partial charge < -0.3 is 9.64 Å². The summed E-state index contributed by atoms with van der Waals surface area (Å²) in [5, 5.41) is 0. The zero-order valence-corrected chi connectivity index (χ0v) is 21.7. The second kappa shape index (κ2) is 23.7. The second-order valence-corrected chi connectivity index (χ2v) is 9.58. The molecule has 31 heavy (non-hydrogen) atoms. The van der Waals surface area contributed by atoms with Gasteiger partial charge in [0.25, 0.3) is 0 Å². The third-order valence-electron chi connectivity index (χ3n) is 6.16. The Morgan fingerprint density at radius 3 is 1.23 bits per heavy atom. The molecule has 0 aliphatic rings. The first-order valence-corrected chi connectivity index (χ1v) is 13.6. The average Bonchev–Trinajstić information content (AvgIpc) is 2.76. The molecule has 0 aliphatic carbocycles. The summed E-state index contributed by atoms with van der Waals surface area (Å²) in [6.45, 7) is 2.29. The maximum absolute atomic E-state index is 11.8. The number of esters is 1. The van der Waals surface area contributed by atoms with Gasteiger partial charge in [-0.1, -0.05) is 129 Å². The van der Waals surface area contributed by atoms with E-state index in [1.54, 1.807) is 0 Å². The van der Waals surface area contributed by atoms with Crippen molar-refractivity contribution in [3.63, 3.8) is 0 Å². The lowest BCUT2D eigenvalue weighted by Crippen LogP contribution is -2.10. The van der Waals surface area contributed by atoms with Crippen LogP contribution in [-0.2, 0) is 9.53 Å². The zero-order chi connectivity index (χ0) is 23.0. The van der Waals surface area contributed by atoms with Crippen molar-refractivity contribution in [2.24, 2.45) is 0 Å². The van der Waals surface area contributed by atoms with Gasteiger partial charge in [0.15, 0.2) is 0 Å². The summed E-state index contributed by atoms with van der Waals surface area (Å²) in [5.41, 5.74) is 0.787. The molecule has 0 rings (SSSR count). The Morgan fingerprint density at radius 2 is 0.935 bits per heavy atom. The van der Waals surface area contributed by atoms with Gasteiger partial charge in [-0.15, -0.1) is 0 Å². The molecule has 0 saturated carbocycles. The first kappa shape index (κ1) is 30.0. The van der Waals surface area contributed by atoms with Gasteiger partial charge in [-0.3, -0.25) is 0 Å². The van der Waals surface area contributed by atoms with Crippen LogP contribution in [0, 0.1) is 0 Å². The first-order valence-electron chi connectivity index (χ1n) is 13.6. The van der Waals surface area contributed by atoms with Gasteiger partial charge in [0.1, 0.15) is 0 Å². The minimum atomic E-state index is -0.188. The Labute approximate surface area is 195 Å². The quantitative estimate of drug-likeness (QED) is 0.0908. The van der Waals surface area contributed by atoms with Crippen LogP contribution in [0.25, 0.3) is 0 Å². The first-order chi connectivity index (χ1) is 15.1.